The van der Waals surface area contributed by atoms with Gasteiger partial charge < -0.3 is 10.8 Å². The van der Waals surface area contributed by atoms with Crippen molar-refractivity contribution in [3.63, 3.8) is 0 Å². The zero-order valence-corrected chi connectivity index (χ0v) is 4.39. The van der Waals surface area contributed by atoms with E-state index in [1.165, 1.54) is 0 Å². The average Bonchev–Trinajstić information content (AvgIpc) is 1.61. The summed E-state index contributed by atoms with van der Waals surface area (Å²) in [5.74, 6) is 0. The van der Waals surface area contributed by atoms with Gasteiger partial charge in [0.15, 0.2) is 0 Å². The fourth-order valence-electron chi connectivity index (χ4n) is 0.239. The maximum Gasteiger partial charge on any atom is 0.0762 e. The third kappa shape index (κ3) is 5.66. The maximum atomic E-state index is 8.49. The van der Waals surface area contributed by atoms with Crippen LogP contribution in [0.15, 0.2) is 6.08 Å². The molecule has 0 aromatic heterocycles. The topological polar surface area (TPSA) is 46.2 Å². The van der Waals surface area contributed by atoms with Crippen molar-refractivity contribution in [1.82, 2.24) is 0 Å². The number of hydrogen-bond acceptors (Lipinski definition) is 2. The van der Waals surface area contributed by atoms with Crippen LogP contribution in [0, 0.1) is 6.08 Å². The lowest BCUT2D eigenvalue weighted by atomic mass is 10.3. The first kappa shape index (κ1) is 6.66. The molecule has 0 heterocycles. The van der Waals surface area contributed by atoms with Gasteiger partial charge in [0.05, 0.1) is 6.10 Å². The van der Waals surface area contributed by atoms with Gasteiger partial charge in [-0.2, -0.15) is 0 Å². The predicted molar refractivity (Wildman–Crippen MR) is 28.5 cm³/mol. The Bertz CT molecular complexity index is 59.1. The summed E-state index contributed by atoms with van der Waals surface area (Å²) in [5.41, 5.74) is 5.05. The van der Waals surface area contributed by atoms with Gasteiger partial charge in [0.1, 0.15) is 0 Å². The van der Waals surface area contributed by atoms with Crippen LogP contribution in [0.2, 0.25) is 0 Å². The number of hydrogen-bond donors (Lipinski definition) is 2. The highest BCUT2D eigenvalue weighted by atomic mass is 16.3. The fraction of sp³-hybridized carbons (Fsp3) is 0.600. The van der Waals surface area contributed by atoms with Crippen molar-refractivity contribution in [2.45, 2.75) is 13.0 Å². The van der Waals surface area contributed by atoms with E-state index in [2.05, 4.69) is 6.08 Å². The molecule has 1 radical (unpaired) electrons. The molecule has 0 rings (SSSR count). The maximum absolute atomic E-state index is 8.49. The molecule has 0 spiro atoms. The van der Waals surface area contributed by atoms with Crippen LogP contribution < -0.4 is 5.73 Å². The van der Waals surface area contributed by atoms with Crippen molar-refractivity contribution in [3.8, 4) is 0 Å². The molecule has 1 atom stereocenters. The van der Waals surface area contributed by atoms with Crippen molar-refractivity contribution in [3.05, 3.63) is 12.2 Å². The first-order valence-electron chi connectivity index (χ1n) is 2.23. The Morgan fingerprint density at radius 2 is 2.57 bits per heavy atom. The first-order chi connectivity index (χ1) is 3.27. The summed E-state index contributed by atoms with van der Waals surface area (Å²) >= 11 is 0. The monoisotopic (exact) mass is 100 g/mol. The Balaban J connectivity index is 3.08. The molecule has 3 N–H and O–H groups in total. The summed E-state index contributed by atoms with van der Waals surface area (Å²) in [5, 5.41) is 8.49. The Kier molecular flexibility index (Phi) is 3.65. The van der Waals surface area contributed by atoms with E-state index in [0.717, 1.165) is 0 Å². The molecule has 0 fully saturated rings. The normalized spacial score (nSPS) is 15.3. The average molecular weight is 100 g/mol. The number of nitrogens with two attached hydrogens (primary N) is 1. The molecule has 0 amide bonds. The van der Waals surface area contributed by atoms with Gasteiger partial charge in [-0.15, -0.1) is 0 Å². The summed E-state index contributed by atoms with van der Waals surface area (Å²) < 4.78 is 0. The molecule has 0 bridgehead atoms. The molecule has 0 aliphatic heterocycles. The fourth-order valence-corrected chi connectivity index (χ4v) is 0.239. The minimum atomic E-state index is -0.483. The molecule has 0 aromatic carbocycles. The SMILES string of the molecule is CC(O)/[C]=C/CN. The van der Waals surface area contributed by atoms with E-state index in [0.29, 0.717) is 6.54 Å². The standard InChI is InChI=1S/C5H10NO/c1-5(7)3-2-4-6/h2,5,7H,4,6H2,1H3. The molecule has 1 unspecified atom stereocenters. The highest BCUT2D eigenvalue weighted by Gasteiger charge is 1.81. The Hall–Kier alpha value is -0.340. The second-order valence-electron chi connectivity index (χ2n) is 1.28. The second-order valence-corrected chi connectivity index (χ2v) is 1.28. The second kappa shape index (κ2) is 3.84. The minimum absolute atomic E-state index is 0.449. The number of aliphatic hydroxyl groups excluding tert-OH is 1. The van der Waals surface area contributed by atoms with E-state index in [4.69, 9.17) is 10.8 Å². The van der Waals surface area contributed by atoms with Crippen molar-refractivity contribution in [2.75, 3.05) is 6.54 Å². The largest absolute Gasteiger partial charge is 0.389 e. The summed E-state index contributed by atoms with van der Waals surface area (Å²) in [6.45, 7) is 2.08. The van der Waals surface area contributed by atoms with Gasteiger partial charge in [-0.05, 0) is 13.0 Å². The molecule has 41 valence electrons. The van der Waals surface area contributed by atoms with Crippen LogP contribution in [0.4, 0.5) is 0 Å². The quantitative estimate of drug-likeness (QED) is 0.499. The van der Waals surface area contributed by atoms with E-state index in [1.54, 1.807) is 13.0 Å². The van der Waals surface area contributed by atoms with Crippen molar-refractivity contribution < 1.29 is 5.11 Å². The van der Waals surface area contributed by atoms with Gasteiger partial charge >= 0.3 is 0 Å². The van der Waals surface area contributed by atoms with Crippen LogP contribution in [0.3, 0.4) is 0 Å². The molecular weight excluding hydrogens is 90.1 g/mol. The number of aliphatic hydroxyl groups is 1. The van der Waals surface area contributed by atoms with Crippen LogP contribution in [-0.2, 0) is 0 Å². The summed E-state index contributed by atoms with van der Waals surface area (Å²) in [7, 11) is 0. The Morgan fingerprint density at radius 3 is 2.71 bits per heavy atom. The molecule has 0 saturated heterocycles. The lowest BCUT2D eigenvalue weighted by molar-refractivity contribution is 0.236. The van der Waals surface area contributed by atoms with Crippen molar-refractivity contribution in [2.24, 2.45) is 5.73 Å². The molecule has 2 heteroatoms. The van der Waals surface area contributed by atoms with E-state index >= 15 is 0 Å². The zero-order valence-electron chi connectivity index (χ0n) is 4.39. The molecule has 0 saturated carbocycles. The smallest absolute Gasteiger partial charge is 0.0762 e. The van der Waals surface area contributed by atoms with Gasteiger partial charge in [-0.3, -0.25) is 0 Å². The van der Waals surface area contributed by atoms with E-state index < -0.39 is 6.10 Å². The third-order valence-corrected chi connectivity index (χ3v) is 0.477. The Labute approximate surface area is 43.6 Å². The lowest BCUT2D eigenvalue weighted by Crippen LogP contribution is -1.98. The summed E-state index contributed by atoms with van der Waals surface area (Å²) in [6, 6.07) is 0. The van der Waals surface area contributed by atoms with Crippen LogP contribution in [0.25, 0.3) is 0 Å². The van der Waals surface area contributed by atoms with Crippen LogP contribution in [-0.4, -0.2) is 17.8 Å². The molecular formula is C5H10NO. The van der Waals surface area contributed by atoms with Gasteiger partial charge in [0, 0.05) is 6.54 Å². The van der Waals surface area contributed by atoms with Crippen molar-refractivity contribution in [1.29, 1.82) is 0 Å². The van der Waals surface area contributed by atoms with E-state index in [1.807, 2.05) is 0 Å². The summed E-state index contributed by atoms with van der Waals surface area (Å²) in [6.07, 6.45) is 3.72. The highest BCUT2D eigenvalue weighted by molar-refractivity contribution is 4.77. The molecule has 2 nitrogen and oxygen atoms in total. The molecule has 0 aromatic rings. The molecule has 0 aliphatic carbocycles. The third-order valence-electron chi connectivity index (χ3n) is 0.477. The predicted octanol–water partition coefficient (Wildman–Crippen LogP) is -0.315. The van der Waals surface area contributed by atoms with Gasteiger partial charge in [0.2, 0.25) is 0 Å². The Morgan fingerprint density at radius 1 is 2.00 bits per heavy atom. The number of rotatable bonds is 2. The van der Waals surface area contributed by atoms with Crippen LogP contribution in [0.5, 0.6) is 0 Å². The van der Waals surface area contributed by atoms with Gasteiger partial charge in [-0.1, -0.05) is 6.08 Å². The first-order valence-corrected chi connectivity index (χ1v) is 2.23. The molecule has 0 aliphatic rings. The molecule has 7 heavy (non-hydrogen) atoms. The lowest BCUT2D eigenvalue weighted by Gasteiger charge is -1.87. The van der Waals surface area contributed by atoms with Crippen molar-refractivity contribution >= 4 is 0 Å². The van der Waals surface area contributed by atoms with Crippen LogP contribution in [0.1, 0.15) is 6.92 Å². The van der Waals surface area contributed by atoms with Crippen LogP contribution >= 0.6 is 0 Å². The minimum Gasteiger partial charge on any atom is -0.389 e. The van der Waals surface area contributed by atoms with Gasteiger partial charge in [-0.25, -0.2) is 0 Å². The van der Waals surface area contributed by atoms with E-state index in [9.17, 15) is 0 Å². The van der Waals surface area contributed by atoms with Gasteiger partial charge in [0.25, 0.3) is 0 Å². The highest BCUT2D eigenvalue weighted by Crippen LogP contribution is 1.76. The zero-order chi connectivity index (χ0) is 5.70. The van der Waals surface area contributed by atoms with E-state index in [-0.39, 0.29) is 0 Å². The summed E-state index contributed by atoms with van der Waals surface area (Å²) in [4.78, 5) is 0.